The first-order valence-electron chi connectivity index (χ1n) is 15.8. The summed E-state index contributed by atoms with van der Waals surface area (Å²) in [5.41, 5.74) is 11.4. The summed E-state index contributed by atoms with van der Waals surface area (Å²) < 4.78 is 4.56. The maximum Gasteiger partial charge on any atom is 0.195 e. The Bertz CT molecular complexity index is 2710. The normalized spacial score (nSPS) is 11.3. The molecule has 0 amide bonds. The van der Waals surface area contributed by atoms with Gasteiger partial charge >= 0.3 is 0 Å². The third kappa shape index (κ3) is 4.14. The van der Waals surface area contributed by atoms with Crippen LogP contribution in [0.3, 0.4) is 0 Å². The lowest BCUT2D eigenvalue weighted by molar-refractivity contribution is 1.18. The molecule has 9 rings (SSSR count). The van der Waals surface area contributed by atoms with Crippen molar-refractivity contribution < 1.29 is 0 Å². The molecule has 4 heteroatoms. The van der Waals surface area contributed by atoms with Gasteiger partial charge in [-0.1, -0.05) is 109 Å². The van der Waals surface area contributed by atoms with Crippen LogP contribution in [0.5, 0.6) is 0 Å². The lowest BCUT2D eigenvalue weighted by atomic mass is 9.96. The molecule has 2 aromatic heterocycles. The predicted molar refractivity (Wildman–Crippen MR) is 199 cm³/mol. The summed E-state index contributed by atoms with van der Waals surface area (Å²) in [5, 5.41) is 4.74. The zero-order valence-electron chi connectivity index (χ0n) is 25.8. The fraction of sp³-hybridized carbons (Fsp3) is 0. The summed E-state index contributed by atoms with van der Waals surface area (Å²) in [4.78, 5) is 7.75. The van der Waals surface area contributed by atoms with Crippen LogP contribution in [0.1, 0.15) is 0 Å². The fourth-order valence-electron chi connectivity index (χ4n) is 7.25. The van der Waals surface area contributed by atoms with E-state index in [2.05, 4.69) is 152 Å². The summed E-state index contributed by atoms with van der Waals surface area (Å²) in [7, 11) is 0. The van der Waals surface area contributed by atoms with Crippen molar-refractivity contribution in [3.8, 4) is 33.6 Å². The van der Waals surface area contributed by atoms with Gasteiger partial charge in [-0.25, -0.2) is 9.69 Å². The third-order valence-electron chi connectivity index (χ3n) is 9.35. The fourth-order valence-corrected chi connectivity index (χ4v) is 7.25. The van der Waals surface area contributed by atoms with Crippen LogP contribution in [0.25, 0.3) is 86.9 Å². The smallest absolute Gasteiger partial charge is 0.195 e. The first-order valence-corrected chi connectivity index (χ1v) is 15.8. The summed E-state index contributed by atoms with van der Waals surface area (Å²) in [6, 6.07) is 54.3. The Kier molecular flexibility index (Phi) is 6.22. The summed E-state index contributed by atoms with van der Waals surface area (Å²) in [6.07, 6.45) is 0. The van der Waals surface area contributed by atoms with Gasteiger partial charge in [0.15, 0.2) is 11.4 Å². The molecule has 9 aromatic rings. The van der Waals surface area contributed by atoms with E-state index in [-0.39, 0.29) is 0 Å². The first-order chi connectivity index (χ1) is 23.7. The highest BCUT2D eigenvalue weighted by Gasteiger charge is 2.18. The number of rotatable bonds is 4. The molecule has 0 atom stereocenters. The Morgan fingerprint density at radius 1 is 0.396 bits per heavy atom. The molecule has 0 fully saturated rings. The van der Waals surface area contributed by atoms with Crippen molar-refractivity contribution in [2.24, 2.45) is 0 Å². The molecule has 0 aliphatic heterocycles. The topological polar surface area (TPSA) is 18.6 Å². The van der Waals surface area contributed by atoms with Crippen molar-refractivity contribution in [2.45, 2.75) is 0 Å². The molecule has 0 aliphatic carbocycles. The molecule has 7 aromatic carbocycles. The number of para-hydroxylation sites is 4. The molecule has 0 spiro atoms. The molecular weight excluding hydrogens is 585 g/mol. The molecular formula is C44H26N4. The molecule has 0 saturated carbocycles. The lowest BCUT2D eigenvalue weighted by Crippen LogP contribution is -1.97. The number of fused-ring (bicyclic) bond motifs is 6. The Morgan fingerprint density at radius 3 is 1.46 bits per heavy atom. The van der Waals surface area contributed by atoms with Crippen LogP contribution >= 0.6 is 0 Å². The van der Waals surface area contributed by atoms with Gasteiger partial charge in [-0.15, -0.1) is 0 Å². The van der Waals surface area contributed by atoms with E-state index in [0.29, 0.717) is 11.4 Å². The van der Waals surface area contributed by atoms with E-state index in [1.165, 1.54) is 21.5 Å². The van der Waals surface area contributed by atoms with Gasteiger partial charge < -0.3 is 9.13 Å². The van der Waals surface area contributed by atoms with Crippen molar-refractivity contribution in [1.29, 1.82) is 0 Å². The van der Waals surface area contributed by atoms with Gasteiger partial charge in [-0.3, -0.25) is 0 Å². The highest BCUT2D eigenvalue weighted by atomic mass is 15.0. The molecule has 0 N–H and O–H groups in total. The van der Waals surface area contributed by atoms with E-state index >= 15 is 0 Å². The number of hydrogen-bond acceptors (Lipinski definition) is 0. The van der Waals surface area contributed by atoms with Gasteiger partial charge in [-0.2, -0.15) is 0 Å². The molecule has 0 bridgehead atoms. The zero-order chi connectivity index (χ0) is 32.2. The Morgan fingerprint density at radius 2 is 0.917 bits per heavy atom. The van der Waals surface area contributed by atoms with Crippen LogP contribution < -0.4 is 0 Å². The number of aromatic nitrogens is 2. The van der Waals surface area contributed by atoms with Crippen molar-refractivity contribution in [2.75, 3.05) is 0 Å². The zero-order valence-corrected chi connectivity index (χ0v) is 25.8. The van der Waals surface area contributed by atoms with Crippen molar-refractivity contribution in [3.63, 3.8) is 0 Å². The maximum absolute atomic E-state index is 8.07. The van der Waals surface area contributed by atoms with Gasteiger partial charge in [-0.05, 0) is 65.2 Å². The molecule has 4 nitrogen and oxygen atoms in total. The van der Waals surface area contributed by atoms with Crippen molar-refractivity contribution in [1.82, 2.24) is 9.13 Å². The minimum Gasteiger partial charge on any atom is -0.310 e. The predicted octanol–water partition coefficient (Wildman–Crippen LogP) is 12.3. The largest absolute Gasteiger partial charge is 0.310 e. The van der Waals surface area contributed by atoms with Gasteiger partial charge in [0, 0.05) is 38.5 Å². The Labute approximate surface area is 277 Å². The second kappa shape index (κ2) is 10.9. The average Bonchev–Trinajstić information content (AvgIpc) is 3.67. The average molecular weight is 611 g/mol. The minimum atomic E-state index is 0.584. The highest BCUT2D eigenvalue weighted by Crippen LogP contribution is 2.41. The minimum absolute atomic E-state index is 0.584. The third-order valence-corrected chi connectivity index (χ3v) is 9.35. The highest BCUT2D eigenvalue weighted by molar-refractivity contribution is 6.10. The molecule has 0 aliphatic rings. The molecule has 0 unspecified atom stereocenters. The van der Waals surface area contributed by atoms with Crippen molar-refractivity contribution in [3.05, 3.63) is 181 Å². The van der Waals surface area contributed by atoms with Gasteiger partial charge in [0.1, 0.15) is 0 Å². The van der Waals surface area contributed by atoms with E-state index in [1.807, 2.05) is 24.3 Å². The van der Waals surface area contributed by atoms with E-state index in [9.17, 15) is 0 Å². The summed E-state index contributed by atoms with van der Waals surface area (Å²) >= 11 is 0. The van der Waals surface area contributed by atoms with Crippen LogP contribution in [0, 0.1) is 13.1 Å². The number of hydrogen-bond donors (Lipinski definition) is 0. The summed E-state index contributed by atoms with van der Waals surface area (Å²) in [5.74, 6) is 0. The maximum atomic E-state index is 8.07. The van der Waals surface area contributed by atoms with Crippen molar-refractivity contribution >= 4 is 55.0 Å². The van der Waals surface area contributed by atoms with Crippen LogP contribution in [-0.2, 0) is 0 Å². The molecule has 48 heavy (non-hydrogen) atoms. The van der Waals surface area contributed by atoms with Crippen LogP contribution in [-0.4, -0.2) is 9.13 Å². The number of nitrogens with zero attached hydrogens (tertiary/aromatic N) is 4. The van der Waals surface area contributed by atoms with Gasteiger partial charge in [0.05, 0.1) is 35.2 Å². The molecule has 0 radical (unpaired) electrons. The summed E-state index contributed by atoms with van der Waals surface area (Å²) in [6.45, 7) is 15.9. The van der Waals surface area contributed by atoms with Crippen LogP contribution in [0.15, 0.2) is 158 Å². The first kappa shape index (κ1) is 27.4. The Hall–Kier alpha value is -6.88. The molecule has 0 saturated heterocycles. The molecule has 222 valence electrons. The van der Waals surface area contributed by atoms with E-state index in [4.69, 9.17) is 13.1 Å². The van der Waals surface area contributed by atoms with Crippen LogP contribution in [0.4, 0.5) is 11.4 Å². The van der Waals surface area contributed by atoms with Crippen LogP contribution in [0.2, 0.25) is 0 Å². The quantitative estimate of drug-likeness (QED) is 0.177. The number of benzene rings is 7. The monoisotopic (exact) mass is 610 g/mol. The van der Waals surface area contributed by atoms with E-state index in [1.54, 1.807) is 0 Å². The van der Waals surface area contributed by atoms with E-state index in [0.717, 1.165) is 55.7 Å². The standard InChI is InChI=1S/C44H26N4/c1-45-31-22-24-33(44(27-31)48-42-20-9-5-16-36(42)37-17-6-10-21-43(37)48)29-12-11-13-30(26-29)38-28-32(23-25-39(38)46-2)47-40-18-7-3-14-34(40)35-15-4-8-19-41(35)47/h3-28H. The second-order valence-corrected chi connectivity index (χ2v) is 11.9. The Balaban J connectivity index is 1.25. The molecule has 2 heterocycles. The van der Waals surface area contributed by atoms with Gasteiger partial charge in [0.2, 0.25) is 0 Å². The SMILES string of the molecule is [C-]#[N+]c1ccc(-c2cccc(-c3cc(-n4c5ccccc5c5ccccc54)ccc3[N+]#[C-])c2)c(-n2c3ccccc3c3ccccc32)c1. The van der Waals surface area contributed by atoms with E-state index < -0.39 is 0 Å². The lowest BCUT2D eigenvalue weighted by Gasteiger charge is -2.16. The van der Waals surface area contributed by atoms with Gasteiger partial charge in [0.25, 0.3) is 0 Å². The second-order valence-electron chi connectivity index (χ2n) is 11.9.